The van der Waals surface area contributed by atoms with Crippen molar-refractivity contribution in [3.63, 3.8) is 0 Å². The maximum Gasteiger partial charge on any atom is 0.123 e. The van der Waals surface area contributed by atoms with Crippen LogP contribution in [-0.4, -0.2) is 19.7 Å². The van der Waals surface area contributed by atoms with Crippen LogP contribution in [0.1, 0.15) is 46.1 Å². The summed E-state index contributed by atoms with van der Waals surface area (Å²) in [5.41, 5.74) is 1.20. The summed E-state index contributed by atoms with van der Waals surface area (Å²) in [7, 11) is 0. The summed E-state index contributed by atoms with van der Waals surface area (Å²) in [5, 5.41) is 4.14. The SMILES string of the molecule is CCCCNCCOc1ccc(Cl)cc1C(C)(C)C. The largest absolute Gasteiger partial charge is 0.492 e. The number of halogens is 1. The van der Waals surface area contributed by atoms with Crippen molar-refractivity contribution >= 4 is 11.6 Å². The van der Waals surface area contributed by atoms with Crippen LogP contribution >= 0.6 is 11.6 Å². The van der Waals surface area contributed by atoms with Crippen LogP contribution in [-0.2, 0) is 5.41 Å². The zero-order chi connectivity index (χ0) is 14.3. The van der Waals surface area contributed by atoms with Gasteiger partial charge in [-0.1, -0.05) is 45.7 Å². The van der Waals surface area contributed by atoms with Crippen molar-refractivity contribution in [2.75, 3.05) is 19.7 Å². The second-order valence-corrected chi connectivity index (χ2v) is 6.28. The van der Waals surface area contributed by atoms with Gasteiger partial charge in [-0.05, 0) is 36.6 Å². The first-order valence-electron chi connectivity index (χ1n) is 7.08. The lowest BCUT2D eigenvalue weighted by molar-refractivity contribution is 0.305. The number of nitrogens with one attached hydrogen (secondary N) is 1. The molecule has 0 spiro atoms. The molecule has 0 heterocycles. The summed E-state index contributed by atoms with van der Waals surface area (Å²) in [5.74, 6) is 0.939. The molecular weight excluding hydrogens is 258 g/mol. The van der Waals surface area contributed by atoms with E-state index in [0.29, 0.717) is 6.61 Å². The van der Waals surface area contributed by atoms with Gasteiger partial charge < -0.3 is 10.1 Å². The average Bonchev–Trinajstić information content (AvgIpc) is 2.34. The summed E-state index contributed by atoms with van der Waals surface area (Å²) < 4.78 is 5.88. The molecule has 0 saturated heterocycles. The average molecular weight is 284 g/mol. The Bertz CT molecular complexity index is 385. The molecule has 0 aliphatic rings. The Morgan fingerprint density at radius 3 is 2.58 bits per heavy atom. The third-order valence-corrected chi connectivity index (χ3v) is 3.23. The van der Waals surface area contributed by atoms with Crippen molar-refractivity contribution in [1.29, 1.82) is 0 Å². The predicted molar refractivity (Wildman–Crippen MR) is 83.4 cm³/mol. The number of hydrogen-bond donors (Lipinski definition) is 1. The van der Waals surface area contributed by atoms with Crippen LogP contribution in [0.25, 0.3) is 0 Å². The summed E-state index contributed by atoms with van der Waals surface area (Å²) in [6.45, 7) is 11.3. The maximum absolute atomic E-state index is 6.07. The van der Waals surface area contributed by atoms with Gasteiger partial charge in [0.05, 0.1) is 0 Å². The highest BCUT2D eigenvalue weighted by molar-refractivity contribution is 6.30. The standard InChI is InChI=1S/C16H26ClNO/c1-5-6-9-18-10-11-19-15-8-7-13(17)12-14(15)16(2,3)4/h7-8,12,18H,5-6,9-11H2,1-4H3. The van der Waals surface area contributed by atoms with Crippen molar-refractivity contribution in [1.82, 2.24) is 5.32 Å². The van der Waals surface area contributed by atoms with E-state index in [1.54, 1.807) is 0 Å². The van der Waals surface area contributed by atoms with Gasteiger partial charge in [0.25, 0.3) is 0 Å². The highest BCUT2D eigenvalue weighted by Crippen LogP contribution is 2.33. The van der Waals surface area contributed by atoms with Gasteiger partial charge in [-0.25, -0.2) is 0 Å². The monoisotopic (exact) mass is 283 g/mol. The Labute approximate surface area is 122 Å². The molecule has 2 nitrogen and oxygen atoms in total. The molecule has 0 aliphatic carbocycles. The van der Waals surface area contributed by atoms with E-state index in [-0.39, 0.29) is 5.41 Å². The minimum Gasteiger partial charge on any atom is -0.492 e. The van der Waals surface area contributed by atoms with Gasteiger partial charge in [-0.3, -0.25) is 0 Å². The van der Waals surface area contributed by atoms with Crippen molar-refractivity contribution < 1.29 is 4.74 Å². The number of benzene rings is 1. The summed E-state index contributed by atoms with van der Waals surface area (Å²) in [6, 6.07) is 5.85. The van der Waals surface area contributed by atoms with Crippen molar-refractivity contribution in [2.45, 2.75) is 46.0 Å². The first kappa shape index (κ1) is 16.3. The van der Waals surface area contributed by atoms with E-state index in [1.807, 2.05) is 18.2 Å². The fourth-order valence-electron chi connectivity index (χ4n) is 1.87. The van der Waals surface area contributed by atoms with E-state index in [4.69, 9.17) is 16.3 Å². The highest BCUT2D eigenvalue weighted by atomic mass is 35.5. The Hall–Kier alpha value is -0.730. The molecule has 19 heavy (non-hydrogen) atoms. The van der Waals surface area contributed by atoms with E-state index >= 15 is 0 Å². The van der Waals surface area contributed by atoms with Gasteiger partial charge in [0.1, 0.15) is 12.4 Å². The highest BCUT2D eigenvalue weighted by Gasteiger charge is 2.19. The quantitative estimate of drug-likeness (QED) is 0.749. The van der Waals surface area contributed by atoms with E-state index in [1.165, 1.54) is 12.8 Å². The van der Waals surface area contributed by atoms with Crippen LogP contribution in [0.2, 0.25) is 5.02 Å². The van der Waals surface area contributed by atoms with Crippen LogP contribution in [0.5, 0.6) is 5.75 Å². The fourth-order valence-corrected chi connectivity index (χ4v) is 2.05. The summed E-state index contributed by atoms with van der Waals surface area (Å²) in [6.07, 6.45) is 2.44. The molecule has 1 rings (SSSR count). The molecule has 108 valence electrons. The second kappa shape index (κ2) is 7.76. The third-order valence-electron chi connectivity index (χ3n) is 2.99. The van der Waals surface area contributed by atoms with E-state index in [0.717, 1.165) is 29.4 Å². The number of rotatable bonds is 7. The normalized spacial score (nSPS) is 11.6. The first-order valence-corrected chi connectivity index (χ1v) is 7.46. The molecule has 0 saturated carbocycles. The zero-order valence-corrected chi connectivity index (χ0v) is 13.3. The predicted octanol–water partition coefficient (Wildman–Crippen LogP) is 4.41. The molecular formula is C16H26ClNO. The van der Waals surface area contributed by atoms with Crippen molar-refractivity contribution in [3.05, 3.63) is 28.8 Å². The Kier molecular flexibility index (Phi) is 6.67. The number of unbranched alkanes of at least 4 members (excludes halogenated alkanes) is 1. The van der Waals surface area contributed by atoms with E-state index < -0.39 is 0 Å². The Morgan fingerprint density at radius 1 is 1.21 bits per heavy atom. The Morgan fingerprint density at radius 2 is 1.95 bits per heavy atom. The third kappa shape index (κ3) is 5.84. The molecule has 0 bridgehead atoms. The molecule has 0 aliphatic heterocycles. The molecule has 0 radical (unpaired) electrons. The van der Waals surface area contributed by atoms with E-state index in [9.17, 15) is 0 Å². The zero-order valence-electron chi connectivity index (χ0n) is 12.6. The lowest BCUT2D eigenvalue weighted by Gasteiger charge is -2.23. The van der Waals surface area contributed by atoms with E-state index in [2.05, 4.69) is 33.0 Å². The molecule has 0 amide bonds. The molecule has 1 aromatic rings. The number of ether oxygens (including phenoxy) is 1. The van der Waals surface area contributed by atoms with Gasteiger partial charge in [0.2, 0.25) is 0 Å². The maximum atomic E-state index is 6.07. The van der Waals surface area contributed by atoms with Gasteiger partial charge in [-0.15, -0.1) is 0 Å². The first-order chi connectivity index (χ1) is 8.95. The number of hydrogen-bond acceptors (Lipinski definition) is 2. The van der Waals surface area contributed by atoms with Gasteiger partial charge in [0.15, 0.2) is 0 Å². The van der Waals surface area contributed by atoms with Crippen LogP contribution < -0.4 is 10.1 Å². The lowest BCUT2D eigenvalue weighted by atomic mass is 9.86. The summed E-state index contributed by atoms with van der Waals surface area (Å²) >= 11 is 6.07. The molecule has 1 N–H and O–H groups in total. The van der Waals surface area contributed by atoms with Crippen molar-refractivity contribution in [3.8, 4) is 5.75 Å². The minimum atomic E-state index is 0.0376. The summed E-state index contributed by atoms with van der Waals surface area (Å²) in [4.78, 5) is 0. The molecule has 0 atom stereocenters. The second-order valence-electron chi connectivity index (χ2n) is 5.84. The molecule has 0 aromatic heterocycles. The van der Waals surface area contributed by atoms with Gasteiger partial charge in [-0.2, -0.15) is 0 Å². The molecule has 3 heteroatoms. The van der Waals surface area contributed by atoms with Crippen LogP contribution in [0.4, 0.5) is 0 Å². The topological polar surface area (TPSA) is 21.3 Å². The van der Waals surface area contributed by atoms with Crippen LogP contribution in [0.3, 0.4) is 0 Å². The smallest absolute Gasteiger partial charge is 0.123 e. The van der Waals surface area contributed by atoms with Crippen molar-refractivity contribution in [2.24, 2.45) is 0 Å². The minimum absolute atomic E-state index is 0.0376. The van der Waals surface area contributed by atoms with Gasteiger partial charge >= 0.3 is 0 Å². The fraction of sp³-hybridized carbons (Fsp3) is 0.625. The van der Waals surface area contributed by atoms with Crippen LogP contribution in [0.15, 0.2) is 18.2 Å². The Balaban J connectivity index is 2.54. The molecule has 0 unspecified atom stereocenters. The molecule has 1 aromatic carbocycles. The molecule has 0 fully saturated rings. The van der Waals surface area contributed by atoms with Crippen LogP contribution in [0, 0.1) is 0 Å². The van der Waals surface area contributed by atoms with Gasteiger partial charge in [0, 0.05) is 17.1 Å². The lowest BCUT2D eigenvalue weighted by Crippen LogP contribution is -2.23.